The highest BCUT2D eigenvalue weighted by molar-refractivity contribution is 6.28. The Morgan fingerprint density at radius 1 is 1.50 bits per heavy atom. The molecule has 1 fully saturated rings. The highest BCUT2D eigenvalue weighted by atomic mass is 35.5. The predicted octanol–water partition coefficient (Wildman–Crippen LogP) is 0.288. The number of halogens is 2. The SMILES string of the molecule is CC1(CO)[C@@H](CO)O[C@@H](n2cnc3c(N)nc(Cl)nc32)[C@@H]1F. The first kappa shape index (κ1) is 15.3. The van der Waals surface area contributed by atoms with Gasteiger partial charge in [0.25, 0.3) is 0 Å². The normalized spacial score (nSPS) is 32.0. The van der Waals surface area contributed by atoms with Crippen molar-refractivity contribution in [2.45, 2.75) is 25.4 Å². The van der Waals surface area contributed by atoms with E-state index in [4.69, 9.17) is 22.1 Å². The molecule has 2 aromatic heterocycles. The van der Waals surface area contributed by atoms with Gasteiger partial charge < -0.3 is 20.7 Å². The van der Waals surface area contributed by atoms with E-state index in [-0.39, 0.29) is 22.3 Å². The van der Waals surface area contributed by atoms with Gasteiger partial charge in [-0.25, -0.2) is 9.37 Å². The van der Waals surface area contributed by atoms with Crippen LogP contribution in [0.3, 0.4) is 0 Å². The van der Waals surface area contributed by atoms with Gasteiger partial charge in [-0.1, -0.05) is 6.92 Å². The number of ether oxygens (including phenoxy) is 1. The zero-order chi connectivity index (χ0) is 16.1. The molecule has 0 saturated carbocycles. The Morgan fingerprint density at radius 3 is 2.82 bits per heavy atom. The van der Waals surface area contributed by atoms with E-state index in [0.29, 0.717) is 0 Å². The maximum atomic E-state index is 14.8. The van der Waals surface area contributed by atoms with Crippen molar-refractivity contribution >= 4 is 28.6 Å². The van der Waals surface area contributed by atoms with Gasteiger partial charge in [0, 0.05) is 0 Å². The molecule has 0 radical (unpaired) electrons. The molecule has 4 atom stereocenters. The van der Waals surface area contributed by atoms with Gasteiger partial charge in [0.05, 0.1) is 31.1 Å². The number of alkyl halides is 1. The number of anilines is 1. The number of hydrogen-bond acceptors (Lipinski definition) is 7. The molecular weight excluding hydrogens is 317 g/mol. The lowest BCUT2D eigenvalue weighted by Gasteiger charge is -2.27. The summed E-state index contributed by atoms with van der Waals surface area (Å²) in [6, 6.07) is 0. The zero-order valence-electron chi connectivity index (χ0n) is 11.6. The second-order valence-corrected chi connectivity index (χ2v) is 5.80. The first-order valence-corrected chi connectivity index (χ1v) is 6.97. The number of aliphatic hydroxyl groups is 2. The van der Waals surface area contributed by atoms with E-state index < -0.39 is 37.1 Å². The standard InChI is InChI=1S/C12H15ClFN5O3/c1-12(3-21)5(2-20)22-10(7(12)14)19-4-16-6-8(15)17-11(13)18-9(6)19/h4-5,7,10,20-21H,2-3H2,1H3,(H2,15,17,18)/t5-,7+,10-,12?/m1/s1. The molecule has 8 nitrogen and oxygen atoms in total. The molecule has 10 heteroatoms. The summed E-state index contributed by atoms with van der Waals surface area (Å²) in [4.78, 5) is 11.8. The highest BCUT2D eigenvalue weighted by Crippen LogP contribution is 2.45. The minimum absolute atomic E-state index is 0.0748. The molecule has 0 aliphatic carbocycles. The molecule has 4 N–H and O–H groups in total. The molecule has 3 heterocycles. The van der Waals surface area contributed by atoms with Crippen LogP contribution in [0.1, 0.15) is 13.2 Å². The average molecular weight is 332 g/mol. The molecule has 0 bridgehead atoms. The lowest BCUT2D eigenvalue weighted by molar-refractivity contribution is -0.0524. The molecule has 3 rings (SSSR count). The Balaban J connectivity index is 2.09. The van der Waals surface area contributed by atoms with Crippen molar-refractivity contribution in [2.24, 2.45) is 5.41 Å². The quantitative estimate of drug-likeness (QED) is 0.691. The molecule has 0 amide bonds. The van der Waals surface area contributed by atoms with Gasteiger partial charge in [-0.2, -0.15) is 9.97 Å². The molecule has 120 valence electrons. The monoisotopic (exact) mass is 331 g/mol. The largest absolute Gasteiger partial charge is 0.396 e. The van der Waals surface area contributed by atoms with Crippen molar-refractivity contribution in [2.75, 3.05) is 18.9 Å². The molecule has 1 unspecified atom stereocenters. The Hall–Kier alpha value is -1.55. The molecule has 0 spiro atoms. The van der Waals surface area contributed by atoms with E-state index in [9.17, 15) is 14.6 Å². The number of nitrogens with zero attached hydrogens (tertiary/aromatic N) is 4. The molecule has 22 heavy (non-hydrogen) atoms. The maximum absolute atomic E-state index is 14.8. The van der Waals surface area contributed by atoms with Crippen molar-refractivity contribution in [1.82, 2.24) is 19.5 Å². The third kappa shape index (κ3) is 2.04. The summed E-state index contributed by atoms with van der Waals surface area (Å²) in [6.07, 6.45) is -2.22. The van der Waals surface area contributed by atoms with Crippen LogP contribution in [0.15, 0.2) is 6.33 Å². The van der Waals surface area contributed by atoms with E-state index in [1.807, 2.05) is 0 Å². The van der Waals surface area contributed by atoms with Crippen LogP contribution in [0, 0.1) is 5.41 Å². The van der Waals surface area contributed by atoms with Crippen LogP contribution in [-0.2, 0) is 4.74 Å². The van der Waals surface area contributed by atoms with Gasteiger partial charge in [0.2, 0.25) is 5.28 Å². The average Bonchev–Trinajstić information content (AvgIpc) is 3.00. The second-order valence-electron chi connectivity index (χ2n) is 5.47. The topological polar surface area (TPSA) is 119 Å². The summed E-state index contributed by atoms with van der Waals surface area (Å²) in [6.45, 7) is 0.618. The van der Waals surface area contributed by atoms with Crippen LogP contribution in [0.4, 0.5) is 10.2 Å². The van der Waals surface area contributed by atoms with Gasteiger partial charge in [0.1, 0.15) is 5.52 Å². The lowest BCUT2D eigenvalue weighted by atomic mass is 9.82. The van der Waals surface area contributed by atoms with Crippen LogP contribution in [0.25, 0.3) is 11.2 Å². The minimum atomic E-state index is -1.58. The lowest BCUT2D eigenvalue weighted by Crippen LogP contribution is -2.40. The predicted molar refractivity (Wildman–Crippen MR) is 75.8 cm³/mol. The van der Waals surface area contributed by atoms with E-state index >= 15 is 0 Å². The van der Waals surface area contributed by atoms with E-state index in [2.05, 4.69) is 15.0 Å². The number of hydrogen-bond donors (Lipinski definition) is 3. The van der Waals surface area contributed by atoms with Crippen molar-refractivity contribution in [1.29, 1.82) is 0 Å². The number of rotatable bonds is 3. The number of fused-ring (bicyclic) bond motifs is 1. The maximum Gasteiger partial charge on any atom is 0.226 e. The summed E-state index contributed by atoms with van der Waals surface area (Å²) in [5.41, 5.74) is 4.98. The fourth-order valence-corrected chi connectivity index (χ4v) is 2.81. The molecule has 1 aliphatic heterocycles. The zero-order valence-corrected chi connectivity index (χ0v) is 12.4. The summed E-state index contributed by atoms with van der Waals surface area (Å²) >= 11 is 5.78. The molecular formula is C12H15ClFN5O3. The highest BCUT2D eigenvalue weighted by Gasteiger charge is 2.54. The van der Waals surface area contributed by atoms with Gasteiger partial charge in [-0.3, -0.25) is 4.57 Å². The van der Waals surface area contributed by atoms with E-state index in [1.54, 1.807) is 0 Å². The Labute approximate surface area is 129 Å². The van der Waals surface area contributed by atoms with Gasteiger partial charge in [0.15, 0.2) is 23.9 Å². The van der Waals surface area contributed by atoms with Crippen LogP contribution in [0.2, 0.25) is 5.28 Å². The van der Waals surface area contributed by atoms with Crippen molar-refractivity contribution in [3.8, 4) is 0 Å². The van der Waals surface area contributed by atoms with Gasteiger partial charge >= 0.3 is 0 Å². The van der Waals surface area contributed by atoms with Crippen LogP contribution in [-0.4, -0.2) is 55.2 Å². The fourth-order valence-electron chi connectivity index (χ4n) is 2.64. The number of nitrogen functional groups attached to an aromatic ring is 1. The number of aromatic nitrogens is 4. The molecule has 1 saturated heterocycles. The van der Waals surface area contributed by atoms with Crippen LogP contribution >= 0.6 is 11.6 Å². The molecule has 0 aromatic carbocycles. The third-order valence-corrected chi connectivity index (χ3v) is 4.29. The first-order valence-electron chi connectivity index (χ1n) is 6.59. The molecule has 2 aromatic rings. The Morgan fingerprint density at radius 2 is 2.23 bits per heavy atom. The van der Waals surface area contributed by atoms with Crippen LogP contribution < -0.4 is 5.73 Å². The van der Waals surface area contributed by atoms with Crippen molar-refractivity contribution in [3.05, 3.63) is 11.6 Å². The summed E-state index contributed by atoms with van der Waals surface area (Å²) in [5.74, 6) is 0.0748. The summed E-state index contributed by atoms with van der Waals surface area (Å²) < 4.78 is 21.7. The molecule has 1 aliphatic rings. The summed E-state index contributed by atoms with van der Waals surface area (Å²) in [7, 11) is 0. The van der Waals surface area contributed by atoms with Gasteiger partial charge in [-0.15, -0.1) is 0 Å². The Bertz CT molecular complexity index is 713. The first-order chi connectivity index (χ1) is 10.4. The smallest absolute Gasteiger partial charge is 0.226 e. The number of aliphatic hydroxyl groups excluding tert-OH is 2. The number of nitrogens with two attached hydrogens (primary N) is 1. The van der Waals surface area contributed by atoms with E-state index in [0.717, 1.165) is 0 Å². The van der Waals surface area contributed by atoms with Crippen molar-refractivity contribution < 1.29 is 19.3 Å². The summed E-state index contributed by atoms with van der Waals surface area (Å²) in [5, 5.41) is 18.8. The Kier molecular flexibility index (Phi) is 3.68. The fraction of sp³-hybridized carbons (Fsp3) is 0.583. The van der Waals surface area contributed by atoms with Crippen molar-refractivity contribution in [3.63, 3.8) is 0 Å². The van der Waals surface area contributed by atoms with Gasteiger partial charge in [-0.05, 0) is 11.6 Å². The number of imidazole rings is 1. The minimum Gasteiger partial charge on any atom is -0.396 e. The second kappa shape index (κ2) is 5.27. The van der Waals surface area contributed by atoms with E-state index in [1.165, 1.54) is 17.8 Å². The third-order valence-electron chi connectivity index (χ3n) is 4.12. The van der Waals surface area contributed by atoms with Crippen LogP contribution in [0.5, 0.6) is 0 Å².